The van der Waals surface area contributed by atoms with Gasteiger partial charge in [0.2, 0.25) is 6.41 Å². The molecule has 16 heteroatoms. The minimum absolute atomic E-state index is 0.0723. The molecule has 1 N–H and O–H groups in total. The second-order valence-electron chi connectivity index (χ2n) is 17.0. The number of piperidine rings is 2. The number of ether oxygens (including phenoxy) is 3. The van der Waals surface area contributed by atoms with Gasteiger partial charge < -0.3 is 29.3 Å². The lowest BCUT2D eigenvalue weighted by molar-refractivity contribution is -0.111. The summed E-state index contributed by atoms with van der Waals surface area (Å²) in [6, 6.07) is 7.77. The Kier molecular flexibility index (Phi) is 12.0. The highest BCUT2D eigenvalue weighted by Crippen LogP contribution is 2.42. The number of aryl methyl sites for hydroxylation is 1. The Balaban J connectivity index is 1.27. The number of rotatable bonds is 13. The SMILES string of the molecule is COCCCc1c(F)ccc2cc(OC(=O)N3CCCCC3CC#N)cc(-c3ncc4c(N5CC(F)CC(C)(NC=O)C5)nc(OCC56CCCN5CCC6)nc4c3F)c12. The molecule has 4 fully saturated rings. The summed E-state index contributed by atoms with van der Waals surface area (Å²) in [5, 5.41) is 13.3. The highest BCUT2D eigenvalue weighted by molar-refractivity contribution is 6.02. The number of nitrogens with one attached hydrogen (secondary N) is 1. The highest BCUT2D eigenvalue weighted by atomic mass is 19.1. The van der Waals surface area contributed by atoms with Crippen molar-refractivity contribution in [2.45, 2.75) is 101 Å². The predicted molar refractivity (Wildman–Crippen MR) is 219 cm³/mol. The van der Waals surface area contributed by atoms with Crippen LogP contribution in [0.2, 0.25) is 0 Å². The van der Waals surface area contributed by atoms with Gasteiger partial charge in [-0.25, -0.2) is 18.0 Å². The first-order chi connectivity index (χ1) is 29.0. The normalized spacial score (nSPS) is 22.8. The zero-order valence-corrected chi connectivity index (χ0v) is 34.2. The maximum atomic E-state index is 17.6. The molecule has 0 bridgehead atoms. The fourth-order valence-electron chi connectivity index (χ4n) is 10.0. The topological polar surface area (TPSA) is 146 Å². The highest BCUT2D eigenvalue weighted by Gasteiger charge is 2.45. The molecule has 13 nitrogen and oxygen atoms in total. The molecule has 0 saturated carbocycles. The first-order valence-corrected chi connectivity index (χ1v) is 21.0. The molecule has 0 radical (unpaired) electrons. The quantitative estimate of drug-likeness (QED) is 0.110. The van der Waals surface area contributed by atoms with Crippen LogP contribution in [0.4, 0.5) is 23.8 Å². The van der Waals surface area contributed by atoms with Crippen molar-refractivity contribution in [2.75, 3.05) is 57.9 Å². The molecule has 2 aromatic carbocycles. The molecule has 2 aromatic heterocycles. The van der Waals surface area contributed by atoms with Gasteiger partial charge in [0.15, 0.2) is 5.82 Å². The van der Waals surface area contributed by atoms with Gasteiger partial charge in [-0.15, -0.1) is 0 Å². The van der Waals surface area contributed by atoms with Crippen molar-refractivity contribution in [1.82, 2.24) is 30.1 Å². The monoisotopic (exact) mass is 828 g/mol. The van der Waals surface area contributed by atoms with Crippen LogP contribution in [0, 0.1) is 23.0 Å². The zero-order chi connectivity index (χ0) is 42.0. The molecule has 8 rings (SSSR count). The van der Waals surface area contributed by atoms with Gasteiger partial charge in [0, 0.05) is 51.0 Å². The van der Waals surface area contributed by atoms with Gasteiger partial charge in [-0.05, 0) is 112 Å². The van der Waals surface area contributed by atoms with Crippen LogP contribution in [0.5, 0.6) is 11.8 Å². The molecule has 4 aliphatic rings. The summed E-state index contributed by atoms with van der Waals surface area (Å²) in [5.74, 6) is -1.06. The lowest BCUT2D eigenvalue weighted by atomic mass is 9.90. The molecule has 3 unspecified atom stereocenters. The Morgan fingerprint density at radius 1 is 1.12 bits per heavy atom. The molecule has 2 amide bonds. The molecule has 4 saturated heterocycles. The van der Waals surface area contributed by atoms with E-state index in [1.165, 1.54) is 18.3 Å². The first-order valence-electron chi connectivity index (χ1n) is 21.0. The van der Waals surface area contributed by atoms with Crippen molar-refractivity contribution in [3.8, 4) is 29.1 Å². The van der Waals surface area contributed by atoms with Crippen molar-refractivity contribution in [3.63, 3.8) is 0 Å². The number of amides is 2. The molecule has 3 atom stereocenters. The minimum Gasteiger partial charge on any atom is -0.461 e. The Hall–Kier alpha value is -5.27. The summed E-state index contributed by atoms with van der Waals surface area (Å²) in [6.07, 6.45) is 7.29. The summed E-state index contributed by atoms with van der Waals surface area (Å²) >= 11 is 0. The number of carbonyl (C=O) groups excluding carboxylic acids is 2. The molecule has 0 spiro atoms. The van der Waals surface area contributed by atoms with Crippen LogP contribution in [0.1, 0.15) is 76.7 Å². The van der Waals surface area contributed by atoms with E-state index in [1.54, 1.807) is 36.0 Å². The van der Waals surface area contributed by atoms with Crippen LogP contribution in [-0.2, 0) is 16.0 Å². The number of nitrogens with zero attached hydrogens (tertiary/aromatic N) is 7. The van der Waals surface area contributed by atoms with Gasteiger partial charge >= 0.3 is 12.1 Å². The molecule has 0 aliphatic carbocycles. The van der Waals surface area contributed by atoms with E-state index >= 15 is 13.2 Å². The van der Waals surface area contributed by atoms with Crippen LogP contribution in [-0.4, -0.2) is 114 Å². The Morgan fingerprint density at radius 2 is 1.93 bits per heavy atom. The van der Waals surface area contributed by atoms with E-state index in [2.05, 4.69) is 26.3 Å². The van der Waals surface area contributed by atoms with Crippen molar-refractivity contribution in [2.24, 2.45) is 0 Å². The Labute approximate surface area is 347 Å². The molecule has 60 heavy (non-hydrogen) atoms. The summed E-state index contributed by atoms with van der Waals surface area (Å²) in [7, 11) is 1.56. The summed E-state index contributed by atoms with van der Waals surface area (Å²) in [5.41, 5.74) is -0.945. The number of likely N-dealkylation sites (tertiary alicyclic amines) is 1. The van der Waals surface area contributed by atoms with Crippen molar-refractivity contribution in [1.29, 1.82) is 5.26 Å². The van der Waals surface area contributed by atoms with E-state index < -0.39 is 29.4 Å². The number of hydrogen-bond donors (Lipinski definition) is 1. The van der Waals surface area contributed by atoms with Crippen LogP contribution in [0.25, 0.3) is 32.9 Å². The fraction of sp³-hybridized carbons (Fsp3) is 0.545. The van der Waals surface area contributed by atoms with E-state index in [9.17, 15) is 14.9 Å². The maximum Gasteiger partial charge on any atom is 0.415 e. The number of fused-ring (bicyclic) bond motifs is 3. The van der Waals surface area contributed by atoms with E-state index in [1.807, 2.05) is 0 Å². The van der Waals surface area contributed by atoms with E-state index in [0.717, 1.165) is 51.6 Å². The molecule has 318 valence electrons. The van der Waals surface area contributed by atoms with E-state index in [-0.39, 0.29) is 83.7 Å². The van der Waals surface area contributed by atoms with Gasteiger partial charge in [0.1, 0.15) is 41.4 Å². The van der Waals surface area contributed by atoms with Crippen LogP contribution in [0.3, 0.4) is 0 Å². The number of hydrogen-bond acceptors (Lipinski definition) is 11. The summed E-state index contributed by atoms with van der Waals surface area (Å²) in [6.45, 7) is 4.88. The van der Waals surface area contributed by atoms with Gasteiger partial charge in [0.05, 0.1) is 35.5 Å². The van der Waals surface area contributed by atoms with Crippen LogP contribution >= 0.6 is 0 Å². The second-order valence-corrected chi connectivity index (χ2v) is 17.0. The smallest absolute Gasteiger partial charge is 0.415 e. The van der Waals surface area contributed by atoms with Gasteiger partial charge in [-0.2, -0.15) is 15.2 Å². The van der Waals surface area contributed by atoms with Crippen molar-refractivity contribution in [3.05, 3.63) is 47.7 Å². The lowest BCUT2D eigenvalue weighted by Crippen LogP contribution is -2.58. The zero-order valence-electron chi connectivity index (χ0n) is 34.2. The third kappa shape index (κ3) is 8.13. The largest absolute Gasteiger partial charge is 0.461 e. The number of carbonyl (C=O) groups is 2. The number of nitriles is 1. The summed E-state index contributed by atoms with van der Waals surface area (Å²) in [4.78, 5) is 45.0. The van der Waals surface area contributed by atoms with Crippen molar-refractivity contribution < 1.29 is 37.0 Å². The Bertz CT molecular complexity index is 2300. The minimum atomic E-state index is -1.34. The number of alkyl halides is 1. The number of aromatic nitrogens is 3. The van der Waals surface area contributed by atoms with E-state index in [4.69, 9.17) is 19.2 Å². The number of methoxy groups -OCH3 is 1. The molecule has 4 aliphatic heterocycles. The Morgan fingerprint density at radius 3 is 2.70 bits per heavy atom. The van der Waals surface area contributed by atoms with Gasteiger partial charge in [-0.1, -0.05) is 6.07 Å². The number of pyridine rings is 1. The molecular formula is C44H51F3N8O5. The maximum absolute atomic E-state index is 17.6. The van der Waals surface area contributed by atoms with Gasteiger partial charge in [-0.3, -0.25) is 14.7 Å². The number of halogens is 3. The van der Waals surface area contributed by atoms with Crippen LogP contribution < -0.4 is 19.7 Å². The summed E-state index contributed by atoms with van der Waals surface area (Å²) < 4.78 is 66.6. The standard InChI is InChI=1S/C44H51F3N8O5/c1-43(50-27-56)22-29(45)24-53(25-43)40-34-23-49-38(37(47)39(34)51-41(52-40)59-26-44-13-6-16-54(44)17-7-14-44)33-21-31(60-42(57)55-18-4-3-8-30(55)12-15-48)20-28-10-11-35(46)32(36(28)33)9-5-19-58-2/h10-11,20-21,23,27,29-30H,3-9,12-14,16-19,22,24-26H2,1-2H3,(H,50,56). The number of benzene rings is 2. The lowest BCUT2D eigenvalue weighted by Gasteiger charge is -2.42. The predicted octanol–water partition coefficient (Wildman–Crippen LogP) is 7.03. The number of anilines is 1. The third-order valence-electron chi connectivity index (χ3n) is 12.8. The first kappa shape index (κ1) is 41.5. The molecular weight excluding hydrogens is 778 g/mol. The molecule has 6 heterocycles. The average molecular weight is 829 g/mol. The van der Waals surface area contributed by atoms with Crippen molar-refractivity contribution >= 4 is 40.0 Å². The fourth-order valence-corrected chi connectivity index (χ4v) is 10.0. The van der Waals surface area contributed by atoms with Crippen LogP contribution in [0.15, 0.2) is 30.5 Å². The van der Waals surface area contributed by atoms with E-state index in [0.29, 0.717) is 55.3 Å². The molecule has 4 aromatic rings. The van der Waals surface area contributed by atoms with Gasteiger partial charge in [0.25, 0.3) is 0 Å². The average Bonchev–Trinajstić information content (AvgIpc) is 3.82. The third-order valence-corrected chi connectivity index (χ3v) is 12.8. The second kappa shape index (κ2) is 17.4.